The minimum absolute atomic E-state index is 0.0251. The summed E-state index contributed by atoms with van der Waals surface area (Å²) in [5.74, 6) is -6.02. The van der Waals surface area contributed by atoms with Crippen LogP contribution in [0.2, 0.25) is 0 Å². The van der Waals surface area contributed by atoms with Crippen molar-refractivity contribution in [2.45, 2.75) is 63.7 Å². The third-order valence-electron chi connectivity index (χ3n) is 5.56. The molecule has 4 atom stereocenters. The number of phenols is 1. The van der Waals surface area contributed by atoms with Crippen molar-refractivity contribution in [3.63, 3.8) is 0 Å². The molecule has 15 nitrogen and oxygen atoms in total. The van der Waals surface area contributed by atoms with E-state index in [1.807, 2.05) is 0 Å². The molecule has 0 saturated carbocycles. The largest absolute Gasteiger partial charge is 0.508 e. The molecule has 1 rings (SSSR count). The molecule has 0 aliphatic heterocycles. The molecule has 0 radical (unpaired) electrons. The molecule has 4 unspecified atom stereocenters. The van der Waals surface area contributed by atoms with Gasteiger partial charge in [-0.3, -0.25) is 24.2 Å². The van der Waals surface area contributed by atoms with Gasteiger partial charge in [-0.25, -0.2) is 4.79 Å². The van der Waals surface area contributed by atoms with Crippen LogP contribution in [0.5, 0.6) is 5.75 Å². The van der Waals surface area contributed by atoms with Gasteiger partial charge in [-0.2, -0.15) is 0 Å². The van der Waals surface area contributed by atoms with Crippen molar-refractivity contribution in [1.82, 2.24) is 16.0 Å². The normalized spacial score (nSPS) is 13.8. The van der Waals surface area contributed by atoms with Gasteiger partial charge in [0.05, 0.1) is 12.5 Å². The SMILES string of the molecule is CC(C)C(NC(=O)C(CC(=O)O)NC(=O)C(Cc1ccc(O)cc1)NC(=O)C(N)CCCN=C(N)N)C(=O)O. The third kappa shape index (κ3) is 12.1. The number of nitrogens with one attached hydrogen (secondary N) is 3. The number of aliphatic imine (C=N–C) groups is 1. The van der Waals surface area contributed by atoms with E-state index in [2.05, 4.69) is 20.9 Å². The number of amides is 3. The molecule has 0 aliphatic rings. The number of carboxylic acid groups (broad SMARTS) is 2. The number of nitrogens with two attached hydrogens (primary N) is 3. The highest BCUT2D eigenvalue weighted by molar-refractivity contribution is 5.95. The van der Waals surface area contributed by atoms with Crippen LogP contribution in [0.25, 0.3) is 0 Å². The van der Waals surface area contributed by atoms with Gasteiger partial charge in [0.15, 0.2) is 5.96 Å². The van der Waals surface area contributed by atoms with Crippen LogP contribution in [0, 0.1) is 5.92 Å². The summed E-state index contributed by atoms with van der Waals surface area (Å²) in [4.78, 5) is 65.4. The summed E-state index contributed by atoms with van der Waals surface area (Å²) in [5, 5.41) is 35.2. The van der Waals surface area contributed by atoms with Gasteiger partial charge in [0, 0.05) is 13.0 Å². The molecule has 0 aromatic heterocycles. The first-order chi connectivity index (χ1) is 18.2. The minimum atomic E-state index is -1.64. The van der Waals surface area contributed by atoms with Crippen LogP contribution >= 0.6 is 0 Å². The van der Waals surface area contributed by atoms with Crippen molar-refractivity contribution in [3.8, 4) is 5.75 Å². The van der Waals surface area contributed by atoms with Gasteiger partial charge in [0.25, 0.3) is 0 Å². The maximum absolute atomic E-state index is 13.2. The number of aromatic hydroxyl groups is 1. The average molecular weight is 552 g/mol. The van der Waals surface area contributed by atoms with E-state index in [1.54, 1.807) is 13.8 Å². The molecule has 12 N–H and O–H groups in total. The van der Waals surface area contributed by atoms with Gasteiger partial charge < -0.3 is 48.5 Å². The van der Waals surface area contributed by atoms with E-state index < -0.39 is 66.2 Å². The van der Waals surface area contributed by atoms with E-state index in [4.69, 9.17) is 17.2 Å². The molecule has 0 bridgehead atoms. The summed E-state index contributed by atoms with van der Waals surface area (Å²) < 4.78 is 0. The highest BCUT2D eigenvalue weighted by Crippen LogP contribution is 2.12. The zero-order chi connectivity index (χ0) is 29.7. The molecular formula is C24H37N7O8. The second-order valence-electron chi connectivity index (χ2n) is 9.21. The molecule has 0 heterocycles. The number of carbonyl (C=O) groups excluding carboxylic acids is 3. The van der Waals surface area contributed by atoms with E-state index in [0.717, 1.165) is 0 Å². The van der Waals surface area contributed by atoms with E-state index >= 15 is 0 Å². The third-order valence-corrected chi connectivity index (χ3v) is 5.56. The summed E-state index contributed by atoms with van der Waals surface area (Å²) in [5.41, 5.74) is 17.0. The zero-order valence-corrected chi connectivity index (χ0v) is 21.8. The quantitative estimate of drug-likeness (QED) is 0.0614. The summed E-state index contributed by atoms with van der Waals surface area (Å²) in [7, 11) is 0. The van der Waals surface area contributed by atoms with Gasteiger partial charge >= 0.3 is 11.9 Å². The van der Waals surface area contributed by atoms with E-state index in [9.17, 15) is 39.3 Å². The zero-order valence-electron chi connectivity index (χ0n) is 21.8. The predicted molar refractivity (Wildman–Crippen MR) is 140 cm³/mol. The van der Waals surface area contributed by atoms with Gasteiger partial charge in [-0.15, -0.1) is 0 Å². The Hall–Kier alpha value is -4.40. The van der Waals surface area contributed by atoms with Crippen LogP contribution in [-0.2, 0) is 30.4 Å². The standard InChI is InChI=1S/C24H37N7O8/c1-12(2)19(23(38)39)31-22(37)17(11-18(33)34)30-21(36)16(10-13-5-7-14(32)8-6-13)29-20(35)15(25)4-3-9-28-24(26)27/h5-8,12,15-17,19,32H,3-4,9-11,25H2,1-2H3,(H,29,35)(H,30,36)(H,31,37)(H,33,34)(H,38,39)(H4,26,27,28). The molecule has 39 heavy (non-hydrogen) atoms. The van der Waals surface area contributed by atoms with Crippen LogP contribution in [0.3, 0.4) is 0 Å². The van der Waals surface area contributed by atoms with E-state index in [1.165, 1.54) is 24.3 Å². The Morgan fingerprint density at radius 3 is 1.97 bits per heavy atom. The topological polar surface area (TPSA) is 273 Å². The van der Waals surface area contributed by atoms with Crippen molar-refractivity contribution in [2.24, 2.45) is 28.1 Å². The molecule has 1 aromatic rings. The Bertz CT molecular complexity index is 1040. The Morgan fingerprint density at radius 2 is 1.46 bits per heavy atom. The molecule has 216 valence electrons. The Kier molecular flexibility index (Phi) is 13.2. The predicted octanol–water partition coefficient (Wildman–Crippen LogP) is -2.01. The van der Waals surface area contributed by atoms with Crippen LogP contribution in [0.1, 0.15) is 38.7 Å². The van der Waals surface area contributed by atoms with E-state index in [0.29, 0.717) is 12.0 Å². The number of carbonyl (C=O) groups is 5. The summed E-state index contributed by atoms with van der Waals surface area (Å²) >= 11 is 0. The Labute approximate surface area is 225 Å². The van der Waals surface area contributed by atoms with Crippen molar-refractivity contribution in [3.05, 3.63) is 29.8 Å². The number of nitrogens with zero attached hydrogens (tertiary/aromatic N) is 1. The number of carboxylic acids is 2. The van der Waals surface area contributed by atoms with E-state index in [-0.39, 0.29) is 31.1 Å². The lowest BCUT2D eigenvalue weighted by molar-refractivity contribution is -0.144. The van der Waals surface area contributed by atoms with Crippen LogP contribution in [-0.4, -0.2) is 81.7 Å². The highest BCUT2D eigenvalue weighted by Gasteiger charge is 2.32. The fraction of sp³-hybridized carbons (Fsp3) is 0.500. The number of benzene rings is 1. The summed E-state index contributed by atoms with van der Waals surface area (Å²) in [6.45, 7) is 3.34. The Morgan fingerprint density at radius 1 is 0.897 bits per heavy atom. The average Bonchev–Trinajstić information content (AvgIpc) is 2.84. The smallest absolute Gasteiger partial charge is 0.326 e. The maximum Gasteiger partial charge on any atom is 0.326 e. The molecule has 15 heteroatoms. The second-order valence-corrected chi connectivity index (χ2v) is 9.21. The Balaban J connectivity index is 3.10. The first kappa shape index (κ1) is 32.6. The number of hydrogen-bond acceptors (Lipinski definition) is 8. The number of aliphatic carboxylic acids is 2. The molecule has 0 aliphatic carbocycles. The number of phenolic OH excluding ortho intramolecular Hbond substituents is 1. The minimum Gasteiger partial charge on any atom is -0.508 e. The number of guanidine groups is 1. The van der Waals surface area contributed by atoms with Crippen molar-refractivity contribution >= 4 is 35.6 Å². The van der Waals surface area contributed by atoms with Crippen molar-refractivity contribution in [2.75, 3.05) is 6.54 Å². The molecule has 0 spiro atoms. The fourth-order valence-corrected chi connectivity index (χ4v) is 3.43. The second kappa shape index (κ2) is 15.8. The first-order valence-corrected chi connectivity index (χ1v) is 12.2. The van der Waals surface area contributed by atoms with Gasteiger partial charge in [-0.1, -0.05) is 26.0 Å². The lowest BCUT2D eigenvalue weighted by atomic mass is 10.0. The van der Waals surface area contributed by atoms with Crippen LogP contribution in [0.4, 0.5) is 0 Å². The maximum atomic E-state index is 13.2. The highest BCUT2D eigenvalue weighted by atomic mass is 16.4. The summed E-state index contributed by atoms with van der Waals surface area (Å²) in [6.07, 6.45) is -0.370. The van der Waals surface area contributed by atoms with Gasteiger partial charge in [0.1, 0.15) is 23.9 Å². The molecule has 3 amide bonds. The molecule has 0 saturated heterocycles. The summed E-state index contributed by atoms with van der Waals surface area (Å²) in [6, 6.07) is 0.486. The lowest BCUT2D eigenvalue weighted by Gasteiger charge is -2.25. The molecule has 0 fully saturated rings. The molecule has 1 aromatic carbocycles. The first-order valence-electron chi connectivity index (χ1n) is 12.2. The van der Waals surface area contributed by atoms with Crippen LogP contribution in [0.15, 0.2) is 29.3 Å². The fourth-order valence-electron chi connectivity index (χ4n) is 3.43. The van der Waals surface area contributed by atoms with Crippen LogP contribution < -0.4 is 33.2 Å². The van der Waals surface area contributed by atoms with Crippen molar-refractivity contribution in [1.29, 1.82) is 0 Å². The number of hydrogen-bond donors (Lipinski definition) is 9. The monoisotopic (exact) mass is 551 g/mol. The lowest BCUT2D eigenvalue weighted by Crippen LogP contribution is -2.58. The van der Waals surface area contributed by atoms with Crippen molar-refractivity contribution < 1.29 is 39.3 Å². The van der Waals surface area contributed by atoms with Gasteiger partial charge in [0.2, 0.25) is 17.7 Å². The van der Waals surface area contributed by atoms with Gasteiger partial charge in [-0.05, 0) is 36.5 Å². The molecular weight excluding hydrogens is 514 g/mol. The number of rotatable bonds is 16.